The van der Waals surface area contributed by atoms with E-state index >= 15 is 0 Å². The Balaban J connectivity index is 2.89. The molecule has 1 N–H and O–H groups in total. The van der Waals surface area contributed by atoms with Crippen molar-refractivity contribution >= 4 is 12.1 Å². The normalized spacial score (nSPS) is 14.0. The summed E-state index contributed by atoms with van der Waals surface area (Å²) < 4.78 is 9.99. The average molecular weight is 294 g/mol. The van der Waals surface area contributed by atoms with Gasteiger partial charge in [0.1, 0.15) is 11.1 Å². The lowest BCUT2D eigenvalue weighted by molar-refractivity contribution is -0.147. The van der Waals surface area contributed by atoms with Crippen molar-refractivity contribution < 1.29 is 19.1 Å². The number of esters is 1. The van der Waals surface area contributed by atoms with E-state index in [1.807, 2.05) is 0 Å². The molecule has 116 valence electrons. The first-order valence-electron chi connectivity index (χ1n) is 6.65. The Morgan fingerprint density at radius 2 is 1.76 bits per heavy atom. The maximum Gasteiger partial charge on any atom is 0.408 e. The molecule has 1 aromatic heterocycles. The summed E-state index contributed by atoms with van der Waals surface area (Å²) in [4.78, 5) is 27.9. The zero-order valence-corrected chi connectivity index (χ0v) is 13.1. The van der Waals surface area contributed by atoms with E-state index in [4.69, 9.17) is 9.47 Å². The van der Waals surface area contributed by atoms with E-state index in [9.17, 15) is 9.59 Å². The molecule has 0 bridgehead atoms. The summed E-state index contributed by atoms with van der Waals surface area (Å²) in [5, 5.41) is 2.59. The van der Waals surface area contributed by atoms with Crippen LogP contribution in [0.25, 0.3) is 0 Å². The van der Waals surface area contributed by atoms with Gasteiger partial charge < -0.3 is 14.8 Å². The summed E-state index contributed by atoms with van der Waals surface area (Å²) >= 11 is 0. The zero-order chi connectivity index (χ0) is 16.1. The molecular weight excluding hydrogens is 272 g/mol. The van der Waals surface area contributed by atoms with Crippen molar-refractivity contribution in [1.82, 2.24) is 10.3 Å². The Hall–Kier alpha value is -2.11. The standard InChI is InChI=1S/C15H22N2O4/c1-14(2,3)21-13(19)17-15(4,12(18)20-5)10-11-6-8-16-9-7-11/h6-9H,10H2,1-5H3,(H,17,19). The van der Waals surface area contributed by atoms with Crippen LogP contribution in [-0.4, -0.2) is 35.3 Å². The number of rotatable bonds is 4. The van der Waals surface area contributed by atoms with Crippen molar-refractivity contribution in [3.05, 3.63) is 30.1 Å². The Kier molecular flexibility index (Phi) is 5.29. The Bertz CT molecular complexity index is 496. The monoisotopic (exact) mass is 294 g/mol. The van der Waals surface area contributed by atoms with Crippen LogP contribution in [0.3, 0.4) is 0 Å². The minimum atomic E-state index is -1.21. The summed E-state index contributed by atoms with van der Waals surface area (Å²) in [5.41, 5.74) is -0.995. The first kappa shape index (κ1) is 16.9. The lowest BCUT2D eigenvalue weighted by atomic mass is 9.93. The van der Waals surface area contributed by atoms with Gasteiger partial charge in [0, 0.05) is 18.8 Å². The molecule has 0 saturated carbocycles. The highest BCUT2D eigenvalue weighted by Crippen LogP contribution is 2.16. The summed E-state index contributed by atoms with van der Waals surface area (Å²) in [6.07, 6.45) is 2.87. The van der Waals surface area contributed by atoms with Gasteiger partial charge in [-0.15, -0.1) is 0 Å². The second-order valence-electron chi connectivity index (χ2n) is 5.98. The third-order valence-electron chi connectivity index (χ3n) is 2.72. The zero-order valence-electron chi connectivity index (χ0n) is 13.1. The molecule has 1 unspecified atom stereocenters. The van der Waals surface area contributed by atoms with Crippen molar-refractivity contribution in [2.45, 2.75) is 45.3 Å². The molecule has 0 fully saturated rings. The molecule has 21 heavy (non-hydrogen) atoms. The lowest BCUT2D eigenvalue weighted by Crippen LogP contribution is -2.55. The van der Waals surface area contributed by atoms with Gasteiger partial charge in [-0.25, -0.2) is 9.59 Å². The number of hydrogen-bond acceptors (Lipinski definition) is 5. The second kappa shape index (κ2) is 6.56. The first-order valence-corrected chi connectivity index (χ1v) is 6.65. The number of pyridine rings is 1. The van der Waals surface area contributed by atoms with Gasteiger partial charge in [-0.2, -0.15) is 0 Å². The third kappa shape index (κ3) is 5.41. The van der Waals surface area contributed by atoms with Crippen molar-refractivity contribution in [2.75, 3.05) is 7.11 Å². The fraction of sp³-hybridized carbons (Fsp3) is 0.533. The molecule has 0 aromatic carbocycles. The SMILES string of the molecule is COC(=O)C(C)(Cc1ccncc1)NC(=O)OC(C)(C)C. The van der Waals surface area contributed by atoms with Gasteiger partial charge in [0.15, 0.2) is 0 Å². The molecule has 0 radical (unpaired) electrons. The van der Waals surface area contributed by atoms with Gasteiger partial charge in [0.25, 0.3) is 0 Å². The topological polar surface area (TPSA) is 77.5 Å². The molecule has 0 aliphatic carbocycles. The highest BCUT2D eigenvalue weighted by atomic mass is 16.6. The summed E-state index contributed by atoms with van der Waals surface area (Å²) in [6, 6.07) is 3.55. The number of methoxy groups -OCH3 is 1. The third-order valence-corrected chi connectivity index (χ3v) is 2.72. The van der Waals surface area contributed by atoms with Crippen LogP contribution in [0.2, 0.25) is 0 Å². The fourth-order valence-electron chi connectivity index (χ4n) is 1.83. The van der Waals surface area contributed by atoms with Crippen LogP contribution in [0.5, 0.6) is 0 Å². The van der Waals surface area contributed by atoms with Crippen molar-refractivity contribution in [2.24, 2.45) is 0 Å². The number of aromatic nitrogens is 1. The van der Waals surface area contributed by atoms with E-state index in [-0.39, 0.29) is 6.42 Å². The molecule has 0 spiro atoms. The summed E-state index contributed by atoms with van der Waals surface area (Å²) in [5.74, 6) is -0.537. The molecule has 1 heterocycles. The number of carbonyl (C=O) groups excluding carboxylic acids is 2. The van der Waals surface area contributed by atoms with Crippen LogP contribution in [0.1, 0.15) is 33.3 Å². The van der Waals surface area contributed by atoms with Crippen LogP contribution in [-0.2, 0) is 20.7 Å². The van der Waals surface area contributed by atoms with Gasteiger partial charge in [-0.05, 0) is 45.4 Å². The average Bonchev–Trinajstić information content (AvgIpc) is 2.36. The molecule has 1 rings (SSSR count). The molecule has 6 heteroatoms. The molecular formula is C15H22N2O4. The van der Waals surface area contributed by atoms with Gasteiger partial charge in [-0.1, -0.05) is 0 Å². The van der Waals surface area contributed by atoms with Crippen LogP contribution in [0, 0.1) is 0 Å². The number of alkyl carbamates (subject to hydrolysis) is 1. The molecule has 6 nitrogen and oxygen atoms in total. The number of hydrogen-bond donors (Lipinski definition) is 1. The molecule has 1 amide bonds. The largest absolute Gasteiger partial charge is 0.467 e. The molecule has 0 aliphatic rings. The van der Waals surface area contributed by atoms with E-state index in [1.165, 1.54) is 7.11 Å². The number of amides is 1. The second-order valence-corrected chi connectivity index (χ2v) is 5.98. The van der Waals surface area contributed by atoms with E-state index in [0.29, 0.717) is 0 Å². The maximum absolute atomic E-state index is 12.0. The van der Waals surface area contributed by atoms with Gasteiger partial charge >= 0.3 is 12.1 Å². The van der Waals surface area contributed by atoms with Crippen LogP contribution >= 0.6 is 0 Å². The van der Waals surface area contributed by atoms with Crippen molar-refractivity contribution in [1.29, 1.82) is 0 Å². The van der Waals surface area contributed by atoms with E-state index in [0.717, 1.165) is 5.56 Å². The highest BCUT2D eigenvalue weighted by molar-refractivity contribution is 5.85. The minimum Gasteiger partial charge on any atom is -0.467 e. The first-order chi connectivity index (χ1) is 9.66. The van der Waals surface area contributed by atoms with E-state index in [2.05, 4.69) is 10.3 Å². The molecule has 0 aliphatic heterocycles. The number of ether oxygens (including phenoxy) is 2. The van der Waals surface area contributed by atoms with Gasteiger partial charge in [0.05, 0.1) is 7.11 Å². The Morgan fingerprint density at radius 3 is 2.24 bits per heavy atom. The van der Waals surface area contributed by atoms with Crippen LogP contribution in [0.15, 0.2) is 24.5 Å². The summed E-state index contributed by atoms with van der Waals surface area (Å²) in [6.45, 7) is 6.87. The smallest absolute Gasteiger partial charge is 0.408 e. The van der Waals surface area contributed by atoms with Crippen LogP contribution in [0.4, 0.5) is 4.79 Å². The van der Waals surface area contributed by atoms with Gasteiger partial charge in [0.2, 0.25) is 0 Å². The molecule has 1 aromatic rings. The maximum atomic E-state index is 12.0. The lowest BCUT2D eigenvalue weighted by Gasteiger charge is -2.29. The highest BCUT2D eigenvalue weighted by Gasteiger charge is 2.37. The van der Waals surface area contributed by atoms with E-state index in [1.54, 1.807) is 52.2 Å². The Labute approximate surface area is 124 Å². The summed E-state index contributed by atoms with van der Waals surface area (Å²) in [7, 11) is 1.28. The van der Waals surface area contributed by atoms with Gasteiger partial charge in [-0.3, -0.25) is 4.98 Å². The van der Waals surface area contributed by atoms with Crippen molar-refractivity contribution in [3.8, 4) is 0 Å². The fourth-order valence-corrected chi connectivity index (χ4v) is 1.83. The number of carbonyl (C=O) groups is 2. The Morgan fingerprint density at radius 1 is 1.19 bits per heavy atom. The van der Waals surface area contributed by atoms with Crippen LogP contribution < -0.4 is 5.32 Å². The molecule has 1 atom stereocenters. The quantitative estimate of drug-likeness (QED) is 0.860. The molecule has 0 saturated heterocycles. The minimum absolute atomic E-state index is 0.279. The predicted molar refractivity (Wildman–Crippen MR) is 77.7 cm³/mol. The number of nitrogens with zero attached hydrogens (tertiary/aromatic N) is 1. The van der Waals surface area contributed by atoms with E-state index < -0.39 is 23.2 Å². The predicted octanol–water partition coefficient (Wildman–Crippen LogP) is 2.08. The van der Waals surface area contributed by atoms with Crippen molar-refractivity contribution in [3.63, 3.8) is 0 Å². The number of nitrogens with one attached hydrogen (secondary N) is 1.